The average Bonchev–Trinajstić information content (AvgIpc) is 2.88. The molecule has 1 aromatic carbocycles. The zero-order valence-corrected chi connectivity index (χ0v) is 11.5. The number of anilines is 1. The van der Waals surface area contributed by atoms with Gasteiger partial charge in [-0.2, -0.15) is 0 Å². The van der Waals surface area contributed by atoms with E-state index >= 15 is 0 Å². The minimum absolute atomic E-state index is 0.700. The van der Waals surface area contributed by atoms with E-state index in [9.17, 15) is 0 Å². The Balaban J connectivity index is 2.18. The quantitative estimate of drug-likeness (QED) is 0.773. The number of benzene rings is 1. The van der Waals surface area contributed by atoms with Crippen molar-refractivity contribution in [2.45, 2.75) is 13.8 Å². The highest BCUT2D eigenvalue weighted by atomic mass is 15.1. The third-order valence-corrected chi connectivity index (χ3v) is 3.38. The third kappa shape index (κ3) is 2.05. The number of rotatable bonds is 2. The van der Waals surface area contributed by atoms with E-state index in [0.29, 0.717) is 5.69 Å². The Kier molecular flexibility index (Phi) is 2.99. The van der Waals surface area contributed by atoms with Crippen molar-refractivity contribution in [2.75, 3.05) is 5.73 Å². The molecule has 0 bridgehead atoms. The Hall–Kier alpha value is -2.62. The summed E-state index contributed by atoms with van der Waals surface area (Å²) in [5.74, 6) is 0. The van der Waals surface area contributed by atoms with Crippen LogP contribution in [-0.2, 0) is 0 Å². The first-order chi connectivity index (χ1) is 9.66. The Morgan fingerprint density at radius 3 is 2.65 bits per heavy atom. The number of nitrogens with zero attached hydrogens (tertiary/aromatic N) is 3. The molecule has 4 nitrogen and oxygen atoms in total. The molecular formula is C16H16N4. The van der Waals surface area contributed by atoms with Gasteiger partial charge in [-0.25, -0.2) is 4.98 Å². The summed E-state index contributed by atoms with van der Waals surface area (Å²) in [7, 11) is 0. The van der Waals surface area contributed by atoms with Crippen LogP contribution in [0, 0.1) is 13.8 Å². The molecule has 4 heteroatoms. The highest BCUT2D eigenvalue weighted by Gasteiger charge is 2.11. The van der Waals surface area contributed by atoms with Crippen LogP contribution >= 0.6 is 0 Å². The summed E-state index contributed by atoms with van der Waals surface area (Å²) < 4.78 is 2.04. The van der Waals surface area contributed by atoms with Gasteiger partial charge in [0.25, 0.3) is 0 Å². The maximum absolute atomic E-state index is 6.04. The van der Waals surface area contributed by atoms with E-state index in [1.165, 1.54) is 11.1 Å². The van der Waals surface area contributed by atoms with Gasteiger partial charge in [0.2, 0.25) is 0 Å². The van der Waals surface area contributed by atoms with Crippen molar-refractivity contribution < 1.29 is 0 Å². The van der Waals surface area contributed by atoms with Gasteiger partial charge in [0.05, 0.1) is 23.9 Å². The maximum atomic E-state index is 6.04. The van der Waals surface area contributed by atoms with E-state index in [1.54, 1.807) is 24.8 Å². The summed E-state index contributed by atoms with van der Waals surface area (Å²) in [6.07, 6.45) is 7.08. The number of imidazole rings is 1. The fourth-order valence-electron chi connectivity index (χ4n) is 2.38. The first-order valence-corrected chi connectivity index (χ1v) is 6.46. The van der Waals surface area contributed by atoms with Gasteiger partial charge in [-0.1, -0.05) is 17.7 Å². The van der Waals surface area contributed by atoms with E-state index in [-0.39, 0.29) is 0 Å². The first-order valence-electron chi connectivity index (χ1n) is 6.46. The van der Waals surface area contributed by atoms with Gasteiger partial charge in [-0.15, -0.1) is 0 Å². The standard InChI is InChI=1S/C16H16N4/c1-11-3-4-15(12(2)7-11)20-10-19-9-16(20)13-8-18-6-5-14(13)17/h3-10H,1-2H3,(H2,17,18). The zero-order chi connectivity index (χ0) is 14.1. The van der Waals surface area contributed by atoms with Crippen molar-refractivity contribution in [1.82, 2.24) is 14.5 Å². The molecule has 3 aromatic rings. The number of hydrogen-bond acceptors (Lipinski definition) is 3. The highest BCUT2D eigenvalue weighted by molar-refractivity contribution is 5.74. The lowest BCUT2D eigenvalue weighted by molar-refractivity contribution is 1.04. The number of aryl methyl sites for hydroxylation is 2. The van der Waals surface area contributed by atoms with Crippen LogP contribution in [0.5, 0.6) is 0 Å². The predicted molar refractivity (Wildman–Crippen MR) is 80.7 cm³/mol. The van der Waals surface area contributed by atoms with Gasteiger partial charge in [0, 0.05) is 23.6 Å². The Morgan fingerprint density at radius 2 is 1.90 bits per heavy atom. The van der Waals surface area contributed by atoms with Crippen LogP contribution in [0.1, 0.15) is 11.1 Å². The van der Waals surface area contributed by atoms with Crippen molar-refractivity contribution in [1.29, 1.82) is 0 Å². The molecule has 100 valence electrons. The largest absolute Gasteiger partial charge is 0.398 e. The first kappa shape index (κ1) is 12.4. The molecule has 0 aliphatic rings. The molecule has 0 radical (unpaired) electrons. The van der Waals surface area contributed by atoms with E-state index in [1.807, 2.05) is 10.8 Å². The summed E-state index contributed by atoms with van der Waals surface area (Å²) in [4.78, 5) is 8.41. The molecule has 0 saturated heterocycles. The number of nitrogen functional groups attached to an aromatic ring is 1. The molecule has 0 aliphatic heterocycles. The van der Waals surface area contributed by atoms with Crippen molar-refractivity contribution >= 4 is 5.69 Å². The Bertz CT molecular complexity index is 759. The summed E-state index contributed by atoms with van der Waals surface area (Å²) >= 11 is 0. The van der Waals surface area contributed by atoms with Gasteiger partial charge in [0.15, 0.2) is 0 Å². The topological polar surface area (TPSA) is 56.7 Å². The van der Waals surface area contributed by atoms with Crippen LogP contribution in [0.25, 0.3) is 16.9 Å². The number of aromatic nitrogens is 3. The lowest BCUT2D eigenvalue weighted by Crippen LogP contribution is -2.00. The fourth-order valence-corrected chi connectivity index (χ4v) is 2.38. The molecule has 0 saturated carbocycles. The molecule has 0 amide bonds. The van der Waals surface area contributed by atoms with Crippen LogP contribution < -0.4 is 5.73 Å². The monoisotopic (exact) mass is 264 g/mol. The molecular weight excluding hydrogens is 248 g/mol. The molecule has 20 heavy (non-hydrogen) atoms. The second-order valence-electron chi connectivity index (χ2n) is 4.90. The maximum Gasteiger partial charge on any atom is 0.0997 e. The van der Waals surface area contributed by atoms with Crippen LogP contribution in [0.3, 0.4) is 0 Å². The van der Waals surface area contributed by atoms with Gasteiger partial charge in [-0.3, -0.25) is 9.55 Å². The summed E-state index contributed by atoms with van der Waals surface area (Å²) in [5.41, 5.74) is 12.1. The second-order valence-corrected chi connectivity index (χ2v) is 4.90. The predicted octanol–water partition coefficient (Wildman–Crippen LogP) is 3.13. The van der Waals surface area contributed by atoms with E-state index < -0.39 is 0 Å². The van der Waals surface area contributed by atoms with Crippen LogP contribution in [0.4, 0.5) is 5.69 Å². The highest BCUT2D eigenvalue weighted by Crippen LogP contribution is 2.28. The molecule has 0 fully saturated rings. The van der Waals surface area contributed by atoms with Gasteiger partial charge >= 0.3 is 0 Å². The Labute approximate surface area is 117 Å². The van der Waals surface area contributed by atoms with Gasteiger partial charge < -0.3 is 5.73 Å². The molecule has 2 heterocycles. The zero-order valence-electron chi connectivity index (χ0n) is 11.5. The normalized spacial score (nSPS) is 10.7. The average molecular weight is 264 g/mol. The molecule has 0 unspecified atom stereocenters. The van der Waals surface area contributed by atoms with Crippen LogP contribution in [-0.4, -0.2) is 14.5 Å². The summed E-state index contributed by atoms with van der Waals surface area (Å²) in [6, 6.07) is 8.15. The molecule has 2 aromatic heterocycles. The molecule has 2 N–H and O–H groups in total. The van der Waals surface area contributed by atoms with Crippen LogP contribution in [0.15, 0.2) is 49.2 Å². The number of nitrogens with two attached hydrogens (primary N) is 1. The lowest BCUT2D eigenvalue weighted by atomic mass is 10.1. The van der Waals surface area contributed by atoms with Crippen molar-refractivity contribution in [3.8, 4) is 16.9 Å². The van der Waals surface area contributed by atoms with Crippen molar-refractivity contribution in [3.63, 3.8) is 0 Å². The third-order valence-electron chi connectivity index (χ3n) is 3.38. The van der Waals surface area contributed by atoms with Gasteiger partial charge in [0.1, 0.15) is 0 Å². The second kappa shape index (κ2) is 4.81. The Morgan fingerprint density at radius 1 is 1.05 bits per heavy atom. The lowest BCUT2D eigenvalue weighted by Gasteiger charge is -2.12. The molecule has 3 rings (SSSR count). The minimum atomic E-state index is 0.700. The fraction of sp³-hybridized carbons (Fsp3) is 0.125. The number of hydrogen-bond donors (Lipinski definition) is 1. The van der Waals surface area contributed by atoms with Crippen molar-refractivity contribution in [2.24, 2.45) is 0 Å². The molecule has 0 aliphatic carbocycles. The van der Waals surface area contributed by atoms with Gasteiger partial charge in [-0.05, 0) is 31.5 Å². The SMILES string of the molecule is Cc1ccc(-n2cncc2-c2cnccc2N)c(C)c1. The number of pyridine rings is 1. The van der Waals surface area contributed by atoms with Crippen LogP contribution in [0.2, 0.25) is 0 Å². The molecule has 0 spiro atoms. The summed E-state index contributed by atoms with van der Waals surface area (Å²) in [5, 5.41) is 0. The molecule has 0 atom stereocenters. The van der Waals surface area contributed by atoms with E-state index in [4.69, 9.17) is 5.73 Å². The minimum Gasteiger partial charge on any atom is -0.398 e. The van der Waals surface area contributed by atoms with E-state index in [2.05, 4.69) is 42.0 Å². The smallest absolute Gasteiger partial charge is 0.0997 e. The van der Waals surface area contributed by atoms with Crippen molar-refractivity contribution in [3.05, 3.63) is 60.3 Å². The summed E-state index contributed by atoms with van der Waals surface area (Å²) in [6.45, 7) is 4.18. The van der Waals surface area contributed by atoms with E-state index in [0.717, 1.165) is 16.9 Å².